The Balaban J connectivity index is 2.10. The first-order chi connectivity index (χ1) is 9.22. The highest BCUT2D eigenvalue weighted by Crippen LogP contribution is 2.19. The Kier molecular flexibility index (Phi) is 4.52. The average Bonchev–Trinajstić information content (AvgIpc) is 2.85. The zero-order chi connectivity index (χ0) is 13.7. The van der Waals surface area contributed by atoms with Crippen molar-refractivity contribution in [3.63, 3.8) is 0 Å². The van der Waals surface area contributed by atoms with Crippen molar-refractivity contribution in [3.05, 3.63) is 48.0 Å². The third-order valence-corrected chi connectivity index (χ3v) is 2.86. The molecule has 0 radical (unpaired) electrons. The fourth-order valence-corrected chi connectivity index (χ4v) is 1.92. The largest absolute Gasteiger partial charge is 0.394 e. The number of aryl methyl sites for hydroxylation is 1. The van der Waals surface area contributed by atoms with Gasteiger partial charge in [0.2, 0.25) is 0 Å². The average molecular weight is 263 g/mol. The van der Waals surface area contributed by atoms with E-state index in [1.165, 1.54) is 12.1 Å². The molecule has 1 heterocycles. The molecule has 0 spiro atoms. The van der Waals surface area contributed by atoms with Crippen LogP contribution in [-0.2, 0) is 6.54 Å². The SMILES string of the molecule is CCCn1cc(C(CO)Nc2cccc(F)c2)cn1. The van der Waals surface area contributed by atoms with Crippen LogP contribution < -0.4 is 5.32 Å². The summed E-state index contributed by atoms with van der Waals surface area (Å²) >= 11 is 0. The van der Waals surface area contributed by atoms with Crippen molar-refractivity contribution in [1.29, 1.82) is 0 Å². The molecule has 1 atom stereocenters. The van der Waals surface area contributed by atoms with Gasteiger partial charge in [-0.3, -0.25) is 4.68 Å². The monoisotopic (exact) mass is 263 g/mol. The van der Waals surface area contributed by atoms with Gasteiger partial charge in [-0.15, -0.1) is 0 Å². The molecular formula is C14H18FN3O. The maximum absolute atomic E-state index is 13.1. The van der Waals surface area contributed by atoms with Crippen LogP contribution in [0.3, 0.4) is 0 Å². The fraction of sp³-hybridized carbons (Fsp3) is 0.357. The molecule has 1 aromatic carbocycles. The van der Waals surface area contributed by atoms with E-state index in [-0.39, 0.29) is 18.5 Å². The maximum atomic E-state index is 13.1. The number of aliphatic hydroxyl groups excluding tert-OH is 1. The van der Waals surface area contributed by atoms with Gasteiger partial charge in [-0.1, -0.05) is 13.0 Å². The van der Waals surface area contributed by atoms with Crippen LogP contribution in [-0.4, -0.2) is 21.5 Å². The smallest absolute Gasteiger partial charge is 0.125 e. The number of nitrogens with one attached hydrogen (secondary N) is 1. The number of halogens is 1. The normalized spacial score (nSPS) is 12.4. The topological polar surface area (TPSA) is 50.1 Å². The van der Waals surface area contributed by atoms with Crippen LogP contribution in [0.15, 0.2) is 36.7 Å². The van der Waals surface area contributed by atoms with Gasteiger partial charge in [-0.05, 0) is 24.6 Å². The van der Waals surface area contributed by atoms with Crippen molar-refractivity contribution in [2.45, 2.75) is 25.9 Å². The summed E-state index contributed by atoms with van der Waals surface area (Å²) in [6.45, 7) is 2.85. The summed E-state index contributed by atoms with van der Waals surface area (Å²) in [5.74, 6) is -0.302. The zero-order valence-electron chi connectivity index (χ0n) is 10.9. The Labute approximate surface area is 111 Å². The van der Waals surface area contributed by atoms with Crippen molar-refractivity contribution >= 4 is 5.69 Å². The van der Waals surface area contributed by atoms with Gasteiger partial charge in [0.25, 0.3) is 0 Å². The predicted octanol–water partition coefficient (Wildman–Crippen LogP) is 2.58. The van der Waals surface area contributed by atoms with E-state index in [4.69, 9.17) is 0 Å². The molecule has 4 nitrogen and oxygen atoms in total. The molecule has 2 N–H and O–H groups in total. The maximum Gasteiger partial charge on any atom is 0.125 e. The Morgan fingerprint density at radius 2 is 2.32 bits per heavy atom. The summed E-state index contributed by atoms with van der Waals surface area (Å²) in [5.41, 5.74) is 1.53. The molecule has 19 heavy (non-hydrogen) atoms. The second kappa shape index (κ2) is 6.33. The molecule has 0 bridgehead atoms. The van der Waals surface area contributed by atoms with Gasteiger partial charge in [-0.25, -0.2) is 4.39 Å². The molecule has 0 aliphatic carbocycles. The van der Waals surface area contributed by atoms with Crippen molar-refractivity contribution in [1.82, 2.24) is 9.78 Å². The van der Waals surface area contributed by atoms with Crippen LogP contribution in [0.5, 0.6) is 0 Å². The summed E-state index contributed by atoms with van der Waals surface area (Å²) in [6.07, 6.45) is 4.63. The molecule has 1 unspecified atom stereocenters. The van der Waals surface area contributed by atoms with E-state index in [1.807, 2.05) is 10.9 Å². The number of anilines is 1. The van der Waals surface area contributed by atoms with E-state index in [0.29, 0.717) is 5.69 Å². The standard InChI is InChI=1S/C14H18FN3O/c1-2-6-18-9-11(8-16-18)14(10-19)17-13-5-3-4-12(15)7-13/h3-5,7-9,14,17,19H,2,6,10H2,1H3. The second-order valence-corrected chi connectivity index (χ2v) is 4.43. The number of benzene rings is 1. The van der Waals surface area contributed by atoms with Gasteiger partial charge >= 0.3 is 0 Å². The molecule has 1 aromatic heterocycles. The lowest BCUT2D eigenvalue weighted by Crippen LogP contribution is -2.14. The summed E-state index contributed by atoms with van der Waals surface area (Å²) in [7, 11) is 0. The molecule has 0 saturated carbocycles. The lowest BCUT2D eigenvalue weighted by molar-refractivity contribution is 0.276. The number of aliphatic hydroxyl groups is 1. The van der Waals surface area contributed by atoms with Gasteiger partial charge in [0, 0.05) is 24.0 Å². The molecule has 0 aliphatic heterocycles. The highest BCUT2D eigenvalue weighted by molar-refractivity contribution is 5.45. The van der Waals surface area contributed by atoms with Crippen LogP contribution >= 0.6 is 0 Å². The van der Waals surface area contributed by atoms with E-state index < -0.39 is 0 Å². The van der Waals surface area contributed by atoms with Crippen molar-refractivity contribution in [2.24, 2.45) is 0 Å². The summed E-state index contributed by atoms with van der Waals surface area (Å²) in [4.78, 5) is 0. The minimum absolute atomic E-state index is 0.0751. The number of nitrogens with zero attached hydrogens (tertiary/aromatic N) is 2. The van der Waals surface area contributed by atoms with Crippen LogP contribution in [0, 0.1) is 5.82 Å². The second-order valence-electron chi connectivity index (χ2n) is 4.43. The summed E-state index contributed by atoms with van der Waals surface area (Å²) in [6, 6.07) is 5.90. The lowest BCUT2D eigenvalue weighted by Gasteiger charge is -2.16. The van der Waals surface area contributed by atoms with Gasteiger partial charge in [0.1, 0.15) is 5.82 Å². The Hall–Kier alpha value is -1.88. The van der Waals surface area contributed by atoms with Gasteiger partial charge in [0.15, 0.2) is 0 Å². The molecule has 0 aliphatic rings. The molecule has 2 rings (SSSR count). The van der Waals surface area contributed by atoms with E-state index in [9.17, 15) is 9.50 Å². The Morgan fingerprint density at radius 1 is 1.47 bits per heavy atom. The first-order valence-corrected chi connectivity index (χ1v) is 6.38. The molecule has 102 valence electrons. The van der Waals surface area contributed by atoms with Crippen molar-refractivity contribution < 1.29 is 9.50 Å². The lowest BCUT2D eigenvalue weighted by atomic mass is 10.1. The highest BCUT2D eigenvalue weighted by Gasteiger charge is 2.12. The quantitative estimate of drug-likeness (QED) is 0.842. The molecule has 5 heteroatoms. The van der Waals surface area contributed by atoms with Crippen LogP contribution in [0.1, 0.15) is 24.9 Å². The van der Waals surface area contributed by atoms with E-state index in [0.717, 1.165) is 18.5 Å². The molecule has 0 saturated heterocycles. The third-order valence-electron chi connectivity index (χ3n) is 2.86. The number of hydrogen-bond acceptors (Lipinski definition) is 3. The van der Waals surface area contributed by atoms with E-state index in [2.05, 4.69) is 17.3 Å². The van der Waals surface area contributed by atoms with E-state index >= 15 is 0 Å². The first kappa shape index (κ1) is 13.5. The van der Waals surface area contributed by atoms with Crippen molar-refractivity contribution in [2.75, 3.05) is 11.9 Å². The fourth-order valence-electron chi connectivity index (χ4n) is 1.92. The van der Waals surface area contributed by atoms with Crippen LogP contribution in [0.4, 0.5) is 10.1 Å². The first-order valence-electron chi connectivity index (χ1n) is 6.38. The highest BCUT2D eigenvalue weighted by atomic mass is 19.1. The predicted molar refractivity (Wildman–Crippen MR) is 72.4 cm³/mol. The summed E-state index contributed by atoms with van der Waals surface area (Å²) < 4.78 is 14.9. The van der Waals surface area contributed by atoms with Gasteiger partial charge in [0.05, 0.1) is 18.8 Å². The third kappa shape index (κ3) is 3.54. The molecule has 0 amide bonds. The number of rotatable bonds is 6. The molecule has 0 fully saturated rings. The van der Waals surface area contributed by atoms with Gasteiger partial charge in [-0.2, -0.15) is 5.10 Å². The minimum atomic E-state index is -0.302. The zero-order valence-corrected chi connectivity index (χ0v) is 10.9. The number of hydrogen-bond donors (Lipinski definition) is 2. The Morgan fingerprint density at radius 3 is 3.00 bits per heavy atom. The van der Waals surface area contributed by atoms with Crippen molar-refractivity contribution in [3.8, 4) is 0 Å². The number of aromatic nitrogens is 2. The minimum Gasteiger partial charge on any atom is -0.394 e. The Bertz CT molecular complexity index is 527. The molecule has 2 aromatic rings. The van der Waals surface area contributed by atoms with E-state index in [1.54, 1.807) is 18.3 Å². The summed E-state index contributed by atoms with van der Waals surface area (Å²) in [5, 5.41) is 16.8. The van der Waals surface area contributed by atoms with Gasteiger partial charge < -0.3 is 10.4 Å². The molecular weight excluding hydrogens is 245 g/mol. The van der Waals surface area contributed by atoms with Crippen LogP contribution in [0.25, 0.3) is 0 Å². The van der Waals surface area contributed by atoms with Crippen LogP contribution in [0.2, 0.25) is 0 Å².